The number of aromatic nitrogens is 2. The molecule has 3 heterocycles. The number of fused-ring (bicyclic) bond motifs is 2. The lowest BCUT2D eigenvalue weighted by Crippen LogP contribution is -2.62. The van der Waals surface area contributed by atoms with Crippen LogP contribution in [-0.2, 0) is 60.8 Å². The fourth-order valence-corrected chi connectivity index (χ4v) is 18.0. The largest absolute Gasteiger partial charge is 0.361 e. The van der Waals surface area contributed by atoms with Crippen LogP contribution in [0.3, 0.4) is 0 Å². The average Bonchev–Trinajstić information content (AvgIpc) is 1.65. The van der Waals surface area contributed by atoms with Gasteiger partial charge in [0.1, 0.15) is 64.9 Å². The normalized spacial score (nSPS) is 21.0. The van der Waals surface area contributed by atoms with Gasteiger partial charge >= 0.3 is 0 Å². The van der Waals surface area contributed by atoms with E-state index in [1.54, 1.807) is 26.2 Å². The minimum absolute atomic E-state index is 0.00691. The molecule has 24 nitrogen and oxygen atoms in total. The van der Waals surface area contributed by atoms with E-state index in [-0.39, 0.29) is 138 Å². The van der Waals surface area contributed by atoms with Gasteiger partial charge in [-0.15, -0.1) is 23.5 Å². The van der Waals surface area contributed by atoms with Gasteiger partial charge in [-0.05, 0) is 149 Å². The number of thioether (sulfide) groups is 4. The maximum Gasteiger partial charge on any atom is 0.243 e. The van der Waals surface area contributed by atoms with Gasteiger partial charge in [-0.25, -0.2) is 0 Å². The lowest BCUT2D eigenvalue weighted by molar-refractivity contribution is -0.137. The minimum atomic E-state index is -1.38. The molecule has 0 radical (unpaired) electrons. The lowest BCUT2D eigenvalue weighted by Gasteiger charge is -2.30. The number of carbonyl (C=O) groups excluding carboxylic acids is 10. The van der Waals surface area contributed by atoms with Crippen LogP contribution in [0.5, 0.6) is 0 Å². The molecular weight excluding hydrogens is 1460 g/mol. The number of benzene rings is 2. The molecule has 4 aromatic rings. The summed E-state index contributed by atoms with van der Waals surface area (Å²) in [5, 5.41) is 50.7. The number of para-hydroxylation sites is 2. The van der Waals surface area contributed by atoms with Gasteiger partial charge in [-0.2, -0.15) is 10.5 Å². The zero-order valence-corrected chi connectivity index (χ0v) is 68.2. The molecule has 1 aliphatic rings. The zero-order chi connectivity index (χ0) is 78.3. The van der Waals surface area contributed by atoms with Crippen molar-refractivity contribution < 1.29 is 47.9 Å². The van der Waals surface area contributed by atoms with Gasteiger partial charge in [0.2, 0.25) is 59.1 Å². The third-order valence-electron chi connectivity index (χ3n) is 17.8. The monoisotopic (exact) mass is 1570 g/mol. The van der Waals surface area contributed by atoms with E-state index in [2.05, 4.69) is 75.3 Å². The Bertz CT molecular complexity index is 3500. The van der Waals surface area contributed by atoms with Gasteiger partial charge in [0.05, 0.1) is 12.1 Å². The van der Waals surface area contributed by atoms with Crippen molar-refractivity contribution in [2.75, 3.05) is 24.6 Å². The van der Waals surface area contributed by atoms with E-state index in [1.165, 1.54) is 47.0 Å². The van der Waals surface area contributed by atoms with Crippen LogP contribution >= 0.6 is 71.5 Å². The molecule has 0 spiro atoms. The standard InChI is InChI=1S/C76H110N14O10S6/c1-13-103-73(101)105-75(11,43-77)31-29-63(91)79-33-21-19-27-55-65(93)85-59(37-47(7)8)69(97)89-62(40-50-42-82-54-26-18-16-24-52(50)54)72(100)88-58(36-46(5)6)68(96)84-56(28-20-22-34-80-64(92)30-32-76(12,44-78)106-74(102)104-14-2)66(94)86-60(38-48(9)10)70(98)90-61(39-49-41-81-53-25-17-15-23-51(49)53)71(99)87-57(35-45(3)4)67(95)83-55/h15-18,23-26,41-42,45-48,55-62,81-82H,13-14,19-22,27-40H2,1-12H3,(H,79,91)(H,80,92)(H,83,95)(H,84,96)(H,85,93)(H,86,94)(H,87,99)(H,88,100)(H,89,97)(H,90,98)/t55-,56-,57+,58+,59+,60+,61-,62-,75?,76?/m0/s1. The summed E-state index contributed by atoms with van der Waals surface area (Å²) in [5.74, 6) is -5.95. The molecule has 0 aliphatic carbocycles. The summed E-state index contributed by atoms with van der Waals surface area (Å²) in [5.41, 5.74) is 2.81. The summed E-state index contributed by atoms with van der Waals surface area (Å²) >= 11 is 16.3. The van der Waals surface area contributed by atoms with Crippen molar-refractivity contribution in [3.05, 3.63) is 72.1 Å². The number of unbranched alkanes of at least 4 members (excludes halogenated alkanes) is 2. The van der Waals surface area contributed by atoms with Gasteiger partial charge in [0.15, 0.2) is 0 Å². The van der Waals surface area contributed by atoms with Gasteiger partial charge < -0.3 is 63.1 Å². The van der Waals surface area contributed by atoms with Crippen molar-refractivity contribution in [2.45, 2.75) is 244 Å². The highest BCUT2D eigenvalue weighted by Gasteiger charge is 2.38. The van der Waals surface area contributed by atoms with Crippen molar-refractivity contribution in [1.82, 2.24) is 63.1 Å². The van der Waals surface area contributed by atoms with E-state index in [0.717, 1.165) is 33.3 Å². The predicted octanol–water partition coefficient (Wildman–Crippen LogP) is 9.75. The second-order valence-electron chi connectivity index (χ2n) is 29.1. The molecule has 30 heteroatoms. The van der Waals surface area contributed by atoms with E-state index in [4.69, 9.17) is 24.4 Å². The maximum absolute atomic E-state index is 15.2. The number of H-pyrrole nitrogens is 2. The van der Waals surface area contributed by atoms with Crippen molar-refractivity contribution in [2.24, 2.45) is 23.7 Å². The highest BCUT2D eigenvalue weighted by Crippen LogP contribution is 2.36. The molecule has 10 atom stereocenters. The van der Waals surface area contributed by atoms with E-state index in [0.29, 0.717) is 31.0 Å². The number of nitriles is 2. The van der Waals surface area contributed by atoms with Crippen LogP contribution in [0.4, 0.5) is 0 Å². The number of aromatic amines is 2. The Labute approximate surface area is 652 Å². The molecule has 12 N–H and O–H groups in total. The molecule has 0 saturated carbocycles. The third-order valence-corrected chi connectivity index (χ3v) is 23.1. The lowest BCUT2D eigenvalue weighted by atomic mass is 9.98. The number of amides is 10. The molecule has 1 saturated heterocycles. The van der Waals surface area contributed by atoms with Crippen LogP contribution in [0.2, 0.25) is 0 Å². The number of rotatable bonds is 32. The number of hydrogen-bond donors (Lipinski definition) is 12. The van der Waals surface area contributed by atoms with Crippen LogP contribution in [0.15, 0.2) is 60.9 Å². The molecule has 580 valence electrons. The highest BCUT2D eigenvalue weighted by molar-refractivity contribution is 8.48. The summed E-state index contributed by atoms with van der Waals surface area (Å²) < 4.78 is -0.621. The summed E-state index contributed by atoms with van der Waals surface area (Å²) in [6, 6.07) is 8.75. The first-order chi connectivity index (χ1) is 50.3. The second-order valence-corrected chi connectivity index (χ2v) is 37.0. The molecule has 0 bridgehead atoms. The van der Waals surface area contributed by atoms with E-state index < -0.39 is 105 Å². The Morgan fingerprint density at radius 3 is 1.04 bits per heavy atom. The second kappa shape index (κ2) is 44.9. The highest BCUT2D eigenvalue weighted by atomic mass is 32.2. The summed E-state index contributed by atoms with van der Waals surface area (Å²) in [6.07, 6.45) is 5.31. The van der Waals surface area contributed by atoms with Crippen LogP contribution < -0.4 is 53.2 Å². The number of hydrogen-bond acceptors (Lipinski definition) is 18. The molecule has 2 aromatic heterocycles. The Hall–Kier alpha value is -7.22. The van der Waals surface area contributed by atoms with Crippen LogP contribution in [0, 0.1) is 46.3 Å². The first kappa shape index (κ1) is 89.4. The van der Waals surface area contributed by atoms with Crippen molar-refractivity contribution in [1.29, 1.82) is 10.5 Å². The van der Waals surface area contributed by atoms with E-state index in [9.17, 15) is 20.1 Å². The van der Waals surface area contributed by atoms with Gasteiger partial charge in [-0.3, -0.25) is 47.9 Å². The molecule has 2 aromatic carbocycles. The fourth-order valence-electron chi connectivity index (χ4n) is 12.2. The number of thiocarbonyl (C=S) groups is 2. The minimum Gasteiger partial charge on any atom is -0.361 e. The Kier molecular flexibility index (Phi) is 37.9. The van der Waals surface area contributed by atoms with Crippen molar-refractivity contribution in [3.8, 4) is 12.1 Å². The average molecular weight is 1570 g/mol. The Morgan fingerprint density at radius 2 is 0.736 bits per heavy atom. The van der Waals surface area contributed by atoms with Gasteiger partial charge in [0.25, 0.3) is 0 Å². The maximum atomic E-state index is 15.2. The quantitative estimate of drug-likeness (QED) is 0.0160. The summed E-state index contributed by atoms with van der Waals surface area (Å²) in [6.45, 7) is 22.6. The Balaban J connectivity index is 1.58. The first-order valence-electron chi connectivity index (χ1n) is 36.9. The van der Waals surface area contributed by atoms with E-state index in [1.807, 2.05) is 118 Å². The van der Waals surface area contributed by atoms with Gasteiger partial charge in [0, 0.05) is 73.0 Å². The SMILES string of the molecule is CCSC(=S)SC(C)(C#N)CCC(=O)NCCCC[C@@H]1NC(=O)[C@@H](CC(C)C)NC(=O)[C@H](Cc2c[nH]c3ccccc23)NC(=O)[C@@H](CC(C)C)NC(=O)[C@H](CCCCNC(=O)CCC(C)(C#N)SC(=S)SCC)NC(=O)[C@@H](CC(C)C)NC(=O)[C@H](Cc2c[nH]c3ccccc23)NC(=O)[C@@H](CC(C)C)NC1=O. The zero-order valence-electron chi connectivity index (χ0n) is 63.3. The molecule has 106 heavy (non-hydrogen) atoms. The van der Waals surface area contributed by atoms with Crippen molar-refractivity contribution >= 4 is 159 Å². The van der Waals surface area contributed by atoms with Crippen LogP contribution in [0.25, 0.3) is 21.8 Å². The molecular formula is C76H110N14O10S6. The smallest absolute Gasteiger partial charge is 0.243 e. The first-order valence-corrected chi connectivity index (χ1v) is 41.3. The predicted molar refractivity (Wildman–Crippen MR) is 434 cm³/mol. The number of nitrogens with one attached hydrogen (secondary N) is 12. The topological polar surface area (TPSA) is 370 Å². The molecule has 2 unspecified atom stereocenters. The van der Waals surface area contributed by atoms with Crippen LogP contribution in [0.1, 0.15) is 184 Å². The molecule has 10 amide bonds. The number of nitrogens with zero attached hydrogens (tertiary/aromatic N) is 2. The third kappa shape index (κ3) is 30.4. The number of carbonyl (C=O) groups is 10. The van der Waals surface area contributed by atoms with Crippen LogP contribution in [-0.4, -0.2) is 159 Å². The summed E-state index contributed by atoms with van der Waals surface area (Å²) in [4.78, 5) is 154. The van der Waals surface area contributed by atoms with Gasteiger partial charge in [-0.1, -0.05) is 154 Å². The summed E-state index contributed by atoms with van der Waals surface area (Å²) in [7, 11) is 0. The molecule has 1 aliphatic heterocycles. The fraction of sp³-hybridized carbons (Fsp3) is 0.605. The Morgan fingerprint density at radius 1 is 0.453 bits per heavy atom. The van der Waals surface area contributed by atoms with E-state index >= 15 is 38.4 Å². The van der Waals surface area contributed by atoms with Crippen molar-refractivity contribution in [3.63, 3.8) is 0 Å². The molecule has 1 fully saturated rings. The molecule has 5 rings (SSSR count).